The van der Waals surface area contributed by atoms with Gasteiger partial charge in [-0.15, -0.1) is 0 Å². The molecule has 192 valence electrons. The Hall–Kier alpha value is -3.47. The maximum Gasteiger partial charge on any atom is 0.463 e. The second-order valence-electron chi connectivity index (χ2n) is 7.61. The number of rotatable bonds is 10. The third-order valence-corrected chi connectivity index (χ3v) is 6.29. The molecule has 3 aromatic rings. The van der Waals surface area contributed by atoms with Gasteiger partial charge in [-0.1, -0.05) is 0 Å². The summed E-state index contributed by atoms with van der Waals surface area (Å²) in [4.78, 5) is 25.3. The fourth-order valence-corrected chi connectivity index (χ4v) is 4.31. The van der Waals surface area contributed by atoms with Crippen LogP contribution in [0.1, 0.15) is 12.6 Å². The van der Waals surface area contributed by atoms with E-state index in [0.29, 0.717) is 23.0 Å². The second kappa shape index (κ2) is 11.1. The number of ether oxygens (including phenoxy) is 3. The van der Waals surface area contributed by atoms with Crippen molar-refractivity contribution in [3.05, 3.63) is 81.6 Å². The summed E-state index contributed by atoms with van der Waals surface area (Å²) >= 11 is 0. The molecule has 2 aromatic carbocycles. The van der Waals surface area contributed by atoms with E-state index >= 15 is 0 Å². The minimum absolute atomic E-state index is 0.368. The van der Waals surface area contributed by atoms with Crippen LogP contribution in [-0.4, -0.2) is 42.4 Å². The van der Waals surface area contributed by atoms with Crippen LogP contribution in [0.2, 0.25) is 0 Å². The quantitative estimate of drug-likeness (QED) is 0.398. The van der Waals surface area contributed by atoms with Gasteiger partial charge in [-0.2, -0.15) is 0 Å². The lowest BCUT2D eigenvalue weighted by Gasteiger charge is -2.22. The molecule has 1 aromatic heterocycles. The average molecular weight is 524 g/mol. The molecule has 36 heavy (non-hydrogen) atoms. The van der Waals surface area contributed by atoms with Crippen molar-refractivity contribution < 1.29 is 36.6 Å². The third kappa shape index (κ3) is 6.20. The van der Waals surface area contributed by atoms with Crippen molar-refractivity contribution in [2.24, 2.45) is 0 Å². The van der Waals surface area contributed by atoms with Gasteiger partial charge in [0.15, 0.2) is 0 Å². The molecule has 10 nitrogen and oxygen atoms in total. The topological polar surface area (TPSA) is 110 Å². The van der Waals surface area contributed by atoms with Gasteiger partial charge in [0.2, 0.25) is 0 Å². The van der Waals surface area contributed by atoms with Gasteiger partial charge in [0.05, 0.1) is 27.2 Å². The van der Waals surface area contributed by atoms with Gasteiger partial charge in [0.25, 0.3) is 11.5 Å². The molecule has 1 aliphatic heterocycles. The van der Waals surface area contributed by atoms with E-state index in [4.69, 9.17) is 27.8 Å². The lowest BCUT2D eigenvalue weighted by molar-refractivity contribution is -0.0985. The number of aromatic amines is 1. The number of hydrogen-bond donors (Lipinski definition) is 1. The maximum atomic E-state index is 14.7. The van der Waals surface area contributed by atoms with Gasteiger partial charge in [0, 0.05) is 12.3 Å². The molecule has 1 N–H and O–H groups in total. The highest BCUT2D eigenvalue weighted by Crippen LogP contribution is 2.45. The van der Waals surface area contributed by atoms with Gasteiger partial charge in [0.1, 0.15) is 35.3 Å². The maximum absolute atomic E-state index is 14.7. The number of alkyl halides is 2. The molecular formula is C23H23F2N2O8P. The van der Waals surface area contributed by atoms with E-state index in [1.165, 1.54) is 14.2 Å². The van der Waals surface area contributed by atoms with Crippen molar-refractivity contribution >= 4 is 8.60 Å². The summed E-state index contributed by atoms with van der Waals surface area (Å²) in [5, 5.41) is 0. The smallest absolute Gasteiger partial charge is 0.463 e. The summed E-state index contributed by atoms with van der Waals surface area (Å²) in [6.45, 7) is -0.584. The molecule has 0 aliphatic carbocycles. The van der Waals surface area contributed by atoms with Crippen LogP contribution in [-0.2, 0) is 9.26 Å². The lowest BCUT2D eigenvalue weighted by atomic mass is 10.2. The Morgan fingerprint density at radius 1 is 0.944 bits per heavy atom. The summed E-state index contributed by atoms with van der Waals surface area (Å²) in [6, 6.07) is 14.2. The minimum atomic E-state index is -3.32. The number of benzene rings is 2. The van der Waals surface area contributed by atoms with Crippen LogP contribution >= 0.6 is 8.60 Å². The summed E-state index contributed by atoms with van der Waals surface area (Å²) in [5.74, 6) is -1.38. The van der Waals surface area contributed by atoms with Crippen LogP contribution in [0.15, 0.2) is 70.4 Å². The Kier molecular flexibility index (Phi) is 7.88. The Morgan fingerprint density at radius 3 is 1.97 bits per heavy atom. The highest BCUT2D eigenvalue weighted by atomic mass is 31.2. The zero-order chi connectivity index (χ0) is 25.7. The van der Waals surface area contributed by atoms with Crippen molar-refractivity contribution in [1.29, 1.82) is 0 Å². The van der Waals surface area contributed by atoms with Crippen molar-refractivity contribution in [1.82, 2.24) is 9.55 Å². The summed E-state index contributed by atoms with van der Waals surface area (Å²) in [5.41, 5.74) is -1.49. The van der Waals surface area contributed by atoms with Crippen LogP contribution < -0.4 is 29.8 Å². The SMILES string of the molecule is COc1ccc(OP(OCC2OC(n3ccc(=O)[nH]c3=O)CC2(F)F)Oc2ccc(OC)cc2)cc1. The van der Waals surface area contributed by atoms with Gasteiger partial charge in [-0.3, -0.25) is 18.9 Å². The first-order chi connectivity index (χ1) is 17.3. The number of hydrogen-bond acceptors (Lipinski definition) is 8. The molecule has 1 aliphatic rings. The molecule has 2 atom stereocenters. The average Bonchev–Trinajstić information content (AvgIpc) is 3.17. The molecular weight excluding hydrogens is 501 g/mol. The molecule has 13 heteroatoms. The van der Waals surface area contributed by atoms with Crippen molar-refractivity contribution in [2.45, 2.75) is 24.7 Å². The Balaban J connectivity index is 1.47. The molecule has 0 spiro atoms. The van der Waals surface area contributed by atoms with E-state index in [2.05, 4.69) is 0 Å². The largest absolute Gasteiger partial charge is 0.497 e. The molecule has 0 radical (unpaired) electrons. The monoisotopic (exact) mass is 524 g/mol. The van der Waals surface area contributed by atoms with E-state index in [1.807, 2.05) is 4.98 Å². The first kappa shape index (κ1) is 25.6. The fourth-order valence-electron chi connectivity index (χ4n) is 3.33. The number of H-pyrrole nitrogens is 1. The third-order valence-electron chi connectivity index (χ3n) is 5.21. The molecule has 0 bridgehead atoms. The van der Waals surface area contributed by atoms with Crippen LogP contribution in [0.5, 0.6) is 23.0 Å². The molecule has 2 unspecified atom stereocenters. The fraction of sp³-hybridized carbons (Fsp3) is 0.304. The van der Waals surface area contributed by atoms with Gasteiger partial charge in [-0.25, -0.2) is 13.6 Å². The van der Waals surface area contributed by atoms with Crippen molar-refractivity contribution in [3.63, 3.8) is 0 Å². The first-order valence-electron chi connectivity index (χ1n) is 10.7. The van der Waals surface area contributed by atoms with Crippen LogP contribution in [0.3, 0.4) is 0 Å². The van der Waals surface area contributed by atoms with Crippen molar-refractivity contribution in [3.8, 4) is 23.0 Å². The first-order valence-corrected chi connectivity index (χ1v) is 11.8. The van der Waals surface area contributed by atoms with Gasteiger partial charge in [-0.05, 0) is 48.5 Å². The summed E-state index contributed by atoms with van der Waals surface area (Å²) in [6.07, 6.45) is -2.64. The zero-order valence-corrected chi connectivity index (χ0v) is 20.2. The molecule has 2 heterocycles. The lowest BCUT2D eigenvalue weighted by Crippen LogP contribution is -2.32. The predicted octanol–water partition coefficient (Wildman–Crippen LogP) is 3.88. The Morgan fingerprint density at radius 2 is 1.47 bits per heavy atom. The summed E-state index contributed by atoms with van der Waals surface area (Å²) < 4.78 is 63.2. The van der Waals surface area contributed by atoms with E-state index in [-0.39, 0.29) is 0 Å². The molecule has 0 amide bonds. The van der Waals surface area contributed by atoms with Crippen molar-refractivity contribution in [2.75, 3.05) is 20.8 Å². The van der Waals surface area contributed by atoms with Crippen LogP contribution in [0.25, 0.3) is 0 Å². The zero-order valence-electron chi connectivity index (χ0n) is 19.3. The van der Waals surface area contributed by atoms with E-state index in [0.717, 1.165) is 16.8 Å². The van der Waals surface area contributed by atoms with Crippen LogP contribution in [0.4, 0.5) is 8.78 Å². The van der Waals surface area contributed by atoms with Crippen LogP contribution in [0, 0.1) is 0 Å². The van der Waals surface area contributed by atoms with E-state index < -0.39 is 51.1 Å². The molecule has 1 fully saturated rings. The summed E-state index contributed by atoms with van der Waals surface area (Å²) in [7, 11) is 0.857. The molecule has 4 rings (SSSR count). The number of methoxy groups -OCH3 is 2. The second-order valence-corrected chi connectivity index (χ2v) is 8.69. The highest BCUT2D eigenvalue weighted by molar-refractivity contribution is 7.42. The highest BCUT2D eigenvalue weighted by Gasteiger charge is 2.51. The van der Waals surface area contributed by atoms with E-state index in [1.54, 1.807) is 48.5 Å². The number of halogens is 2. The van der Waals surface area contributed by atoms with E-state index in [9.17, 15) is 18.4 Å². The Labute approximate surface area is 205 Å². The van der Waals surface area contributed by atoms with Gasteiger partial charge >= 0.3 is 14.3 Å². The molecule has 0 saturated carbocycles. The predicted molar refractivity (Wildman–Crippen MR) is 125 cm³/mol. The standard InChI is InChI=1S/C23H23F2N2O8P/c1-30-15-3-7-17(8-4-15)34-36(35-18-9-5-16(31-2)6-10-18)32-14-19-23(24,25)13-21(33-19)27-12-11-20(28)26-22(27)29/h3-12,19,21H,13-14H2,1-2H3,(H,26,28,29). The minimum Gasteiger partial charge on any atom is -0.497 e. The number of nitrogens with zero attached hydrogens (tertiary/aromatic N) is 1. The Bertz CT molecular complexity index is 1220. The normalized spacial score (nSPS) is 18.7. The van der Waals surface area contributed by atoms with Gasteiger partial charge < -0.3 is 23.3 Å². The number of nitrogens with one attached hydrogen (secondary N) is 1. The number of aromatic nitrogens is 2. The molecule has 1 saturated heterocycles.